The quantitative estimate of drug-likeness (QED) is 0.291. The molecule has 5 nitrogen and oxygen atoms in total. The number of alkyl halides is 6. The number of ether oxygens (including phenoxy) is 1. The number of aromatic nitrogens is 1. The average molecular weight is 589 g/mol. The van der Waals surface area contributed by atoms with Crippen LogP contribution in [0.25, 0.3) is 10.6 Å². The Morgan fingerprint density at radius 3 is 2.24 bits per heavy atom. The molecule has 0 saturated carbocycles. The summed E-state index contributed by atoms with van der Waals surface area (Å²) in [6.45, 7) is 2.60. The molecule has 0 aliphatic carbocycles. The van der Waals surface area contributed by atoms with E-state index < -0.39 is 79.7 Å². The molecule has 3 aromatic rings. The molecule has 38 heavy (non-hydrogen) atoms. The number of thiazole rings is 1. The van der Waals surface area contributed by atoms with Crippen LogP contribution in [0.4, 0.5) is 40.8 Å². The van der Waals surface area contributed by atoms with Crippen molar-refractivity contribution in [2.45, 2.75) is 44.8 Å². The summed E-state index contributed by atoms with van der Waals surface area (Å²) in [6.07, 6.45) is -12.5. The summed E-state index contributed by atoms with van der Waals surface area (Å²) in [6, 6.07) is 4.33. The molecule has 0 fully saturated rings. The first kappa shape index (κ1) is 29.6. The molecule has 2 aromatic carbocycles. The third kappa shape index (κ3) is 6.35. The summed E-state index contributed by atoms with van der Waals surface area (Å²) in [7, 11) is 0. The van der Waals surface area contributed by atoms with E-state index in [-0.39, 0.29) is 16.4 Å². The Morgan fingerprint density at radius 1 is 1.11 bits per heavy atom. The summed E-state index contributed by atoms with van der Waals surface area (Å²) in [5.74, 6) is -4.56. The molecule has 0 radical (unpaired) electrons. The average Bonchev–Trinajstić information content (AvgIpc) is 3.23. The molecule has 0 spiro atoms. The van der Waals surface area contributed by atoms with Crippen LogP contribution in [-0.2, 0) is 11.8 Å². The van der Waals surface area contributed by atoms with Gasteiger partial charge >= 0.3 is 12.4 Å². The van der Waals surface area contributed by atoms with Gasteiger partial charge in [-0.1, -0.05) is 17.7 Å². The van der Waals surface area contributed by atoms with E-state index in [1.165, 1.54) is 12.1 Å². The van der Waals surface area contributed by atoms with Crippen LogP contribution in [0, 0.1) is 11.6 Å². The topological polar surface area (TPSA) is 71.5 Å². The first-order valence-electron chi connectivity index (χ1n) is 10.4. The highest BCUT2D eigenvalue weighted by molar-refractivity contribution is 7.15. The molecule has 1 atom stereocenters. The van der Waals surface area contributed by atoms with Crippen LogP contribution < -0.4 is 10.1 Å². The number of hydrogen-bond acceptors (Lipinski definition) is 5. The number of amides is 1. The molecule has 1 heterocycles. The van der Waals surface area contributed by atoms with Crippen molar-refractivity contribution >= 4 is 34.5 Å². The lowest BCUT2D eigenvalue weighted by Gasteiger charge is -2.20. The van der Waals surface area contributed by atoms with Gasteiger partial charge in [-0.25, -0.2) is 13.8 Å². The summed E-state index contributed by atoms with van der Waals surface area (Å²) in [4.78, 5) is 15.1. The van der Waals surface area contributed by atoms with E-state index in [9.17, 15) is 40.6 Å². The molecular formula is C23H17ClF8N2O3S. The van der Waals surface area contributed by atoms with Gasteiger partial charge in [0.25, 0.3) is 5.91 Å². The van der Waals surface area contributed by atoms with E-state index in [1.54, 1.807) is 0 Å². The van der Waals surface area contributed by atoms with Crippen LogP contribution in [0.15, 0.2) is 30.3 Å². The van der Waals surface area contributed by atoms with E-state index >= 15 is 4.39 Å². The third-order valence-electron chi connectivity index (χ3n) is 4.97. The monoisotopic (exact) mass is 588 g/mol. The van der Waals surface area contributed by atoms with Gasteiger partial charge in [-0.3, -0.25) is 4.79 Å². The molecule has 0 aliphatic rings. The molecule has 0 aliphatic heterocycles. The summed E-state index contributed by atoms with van der Waals surface area (Å²) in [5, 5.41) is 11.2. The lowest BCUT2D eigenvalue weighted by atomic mass is 10.0. The maximum absolute atomic E-state index is 15.1. The molecule has 1 aromatic heterocycles. The van der Waals surface area contributed by atoms with Gasteiger partial charge in [0.1, 0.15) is 32.9 Å². The van der Waals surface area contributed by atoms with Crippen molar-refractivity contribution in [1.29, 1.82) is 0 Å². The number of anilines is 1. The molecule has 206 valence electrons. The second-order valence-electron chi connectivity index (χ2n) is 8.43. The number of nitrogens with zero attached hydrogens (tertiary/aromatic N) is 1. The van der Waals surface area contributed by atoms with E-state index in [0.717, 1.165) is 19.9 Å². The van der Waals surface area contributed by atoms with Crippen LogP contribution in [-0.4, -0.2) is 28.3 Å². The van der Waals surface area contributed by atoms with Gasteiger partial charge in [0, 0.05) is 5.56 Å². The van der Waals surface area contributed by atoms with Gasteiger partial charge in [0.05, 0.1) is 22.0 Å². The van der Waals surface area contributed by atoms with E-state index in [1.807, 2.05) is 5.32 Å². The molecular weight excluding hydrogens is 572 g/mol. The van der Waals surface area contributed by atoms with Crippen molar-refractivity contribution < 1.29 is 49.8 Å². The van der Waals surface area contributed by atoms with E-state index in [2.05, 4.69) is 4.98 Å². The highest BCUT2D eigenvalue weighted by Crippen LogP contribution is 2.44. The first-order valence-corrected chi connectivity index (χ1v) is 11.6. The Kier molecular flexibility index (Phi) is 8.02. The van der Waals surface area contributed by atoms with Crippen molar-refractivity contribution in [3.63, 3.8) is 0 Å². The van der Waals surface area contributed by atoms with Crippen LogP contribution in [0.3, 0.4) is 0 Å². The normalized spacial score (nSPS) is 13.4. The zero-order chi connectivity index (χ0) is 28.8. The summed E-state index contributed by atoms with van der Waals surface area (Å²) >= 11 is 5.78. The Hall–Kier alpha value is -2.97. The number of carbonyl (C=O) groups is 1. The Labute approximate surface area is 219 Å². The Morgan fingerprint density at radius 2 is 1.74 bits per heavy atom. The number of halogens is 9. The van der Waals surface area contributed by atoms with Gasteiger partial charge in [-0.05, 0) is 45.0 Å². The van der Waals surface area contributed by atoms with Crippen molar-refractivity contribution in [2.75, 3.05) is 5.32 Å². The van der Waals surface area contributed by atoms with E-state index in [4.69, 9.17) is 16.3 Å². The van der Waals surface area contributed by atoms with Crippen LogP contribution in [0.2, 0.25) is 5.02 Å². The number of carbonyl (C=O) groups excluding carboxylic acids is 1. The standard InChI is InChI=1S/C23H17ClF8N2O3S/c1-9(22(27,28)29)37-15-8-10(20-34-17(21(2,3)36)18(38-20)23(30,31)32)14(26)7-11(15)19(35)33-16-12(24)5-4-6-13(16)25/h4-9,36H,1-3H3,(H,33,35)/t9-/m0/s1. The van der Waals surface area contributed by atoms with Crippen LogP contribution in [0.5, 0.6) is 5.75 Å². The largest absolute Gasteiger partial charge is 0.480 e. The van der Waals surface area contributed by atoms with Crippen molar-refractivity contribution in [2.24, 2.45) is 0 Å². The van der Waals surface area contributed by atoms with Crippen molar-refractivity contribution in [1.82, 2.24) is 4.98 Å². The molecule has 0 saturated heterocycles. The number of benzene rings is 2. The van der Waals surface area contributed by atoms with Crippen molar-refractivity contribution in [3.05, 3.63) is 63.1 Å². The molecule has 0 bridgehead atoms. The van der Waals surface area contributed by atoms with Crippen molar-refractivity contribution in [3.8, 4) is 16.3 Å². The number of para-hydroxylation sites is 1. The minimum absolute atomic E-state index is 0.0670. The third-order valence-corrected chi connectivity index (χ3v) is 6.42. The van der Waals surface area contributed by atoms with Gasteiger partial charge in [-0.15, -0.1) is 11.3 Å². The highest BCUT2D eigenvalue weighted by Gasteiger charge is 2.42. The number of hydrogen-bond donors (Lipinski definition) is 2. The molecule has 0 unspecified atom stereocenters. The zero-order valence-electron chi connectivity index (χ0n) is 19.5. The Balaban J connectivity index is 2.18. The fourth-order valence-electron chi connectivity index (χ4n) is 3.09. The predicted octanol–water partition coefficient (Wildman–Crippen LogP) is 7.57. The van der Waals surface area contributed by atoms with Crippen LogP contribution >= 0.6 is 22.9 Å². The zero-order valence-corrected chi connectivity index (χ0v) is 21.1. The van der Waals surface area contributed by atoms with Gasteiger partial charge in [-0.2, -0.15) is 26.3 Å². The second-order valence-corrected chi connectivity index (χ2v) is 9.84. The fourth-order valence-corrected chi connectivity index (χ4v) is 4.40. The lowest BCUT2D eigenvalue weighted by molar-refractivity contribution is -0.189. The van der Waals surface area contributed by atoms with Crippen LogP contribution in [0.1, 0.15) is 41.7 Å². The maximum atomic E-state index is 15.1. The first-order chi connectivity index (χ1) is 17.3. The van der Waals surface area contributed by atoms with Gasteiger partial charge in [0.2, 0.25) is 0 Å². The highest BCUT2D eigenvalue weighted by atomic mass is 35.5. The molecule has 15 heteroatoms. The molecule has 3 rings (SSSR count). The maximum Gasteiger partial charge on any atom is 0.427 e. The minimum atomic E-state index is -5.00. The second kappa shape index (κ2) is 10.3. The summed E-state index contributed by atoms with van der Waals surface area (Å²) in [5.41, 5.74) is -5.08. The predicted molar refractivity (Wildman–Crippen MR) is 123 cm³/mol. The molecule has 2 N–H and O–H groups in total. The molecule has 1 amide bonds. The van der Waals surface area contributed by atoms with E-state index in [0.29, 0.717) is 19.1 Å². The number of nitrogens with one attached hydrogen (secondary N) is 1. The summed E-state index contributed by atoms with van der Waals surface area (Å²) < 4.78 is 114. The lowest BCUT2D eigenvalue weighted by Crippen LogP contribution is -2.32. The fraction of sp³-hybridized carbons (Fsp3) is 0.304. The minimum Gasteiger partial charge on any atom is -0.480 e. The Bertz CT molecular complexity index is 1310. The van der Waals surface area contributed by atoms with Gasteiger partial charge in [0.15, 0.2) is 6.10 Å². The van der Waals surface area contributed by atoms with Gasteiger partial charge < -0.3 is 15.2 Å². The number of aliphatic hydroxyl groups is 1. The number of rotatable bonds is 6. The smallest absolute Gasteiger partial charge is 0.427 e. The SMILES string of the molecule is C[C@H](Oc1cc(-c2nc(C(C)(C)O)c(C(F)(F)F)s2)c(F)cc1C(=O)Nc1c(F)cccc1Cl)C(F)(F)F.